The van der Waals surface area contributed by atoms with Crippen LogP contribution in [0.4, 0.5) is 11.4 Å². The highest BCUT2D eigenvalue weighted by atomic mass is 35.5. The first kappa shape index (κ1) is 16.5. The molecule has 2 rings (SSSR count). The van der Waals surface area contributed by atoms with Gasteiger partial charge in [0.1, 0.15) is 6.07 Å². The molecule has 5 nitrogen and oxygen atoms in total. The van der Waals surface area contributed by atoms with Gasteiger partial charge in [-0.05, 0) is 36.4 Å². The monoisotopic (exact) mass is 327 g/mol. The van der Waals surface area contributed by atoms with Crippen LogP contribution in [-0.2, 0) is 4.79 Å². The summed E-state index contributed by atoms with van der Waals surface area (Å²) in [5, 5.41) is 14.5. The Hall–Kier alpha value is -2.84. The van der Waals surface area contributed by atoms with Crippen molar-refractivity contribution in [1.82, 2.24) is 0 Å². The second kappa shape index (κ2) is 7.43. The lowest BCUT2D eigenvalue weighted by molar-refractivity contribution is -0.115. The molecule has 0 unspecified atom stereocenters. The number of hydrogen-bond donors (Lipinski definition) is 2. The van der Waals surface area contributed by atoms with Gasteiger partial charge >= 0.3 is 0 Å². The topological polar surface area (TPSA) is 82.0 Å². The largest absolute Gasteiger partial charge is 0.326 e. The fourth-order valence-electron chi connectivity index (χ4n) is 1.87. The van der Waals surface area contributed by atoms with Gasteiger partial charge in [-0.15, -0.1) is 0 Å². The van der Waals surface area contributed by atoms with E-state index in [4.69, 9.17) is 16.9 Å². The molecule has 0 aliphatic heterocycles. The number of carbonyl (C=O) groups is 2. The van der Waals surface area contributed by atoms with E-state index in [1.165, 1.54) is 12.1 Å². The lowest BCUT2D eigenvalue weighted by atomic mass is 10.1. The molecule has 2 amide bonds. The average molecular weight is 328 g/mol. The van der Waals surface area contributed by atoms with Gasteiger partial charge < -0.3 is 10.6 Å². The normalized spacial score (nSPS) is 9.78. The van der Waals surface area contributed by atoms with Crippen LogP contribution in [0.3, 0.4) is 0 Å². The van der Waals surface area contributed by atoms with E-state index in [0.717, 1.165) is 0 Å². The van der Waals surface area contributed by atoms with Crippen LogP contribution in [0.15, 0.2) is 42.5 Å². The zero-order valence-electron chi connectivity index (χ0n) is 12.4. The van der Waals surface area contributed by atoms with Crippen molar-refractivity contribution in [2.45, 2.75) is 13.3 Å². The maximum absolute atomic E-state index is 12.3. The zero-order chi connectivity index (χ0) is 16.8. The highest BCUT2D eigenvalue weighted by Gasteiger charge is 2.09. The summed E-state index contributed by atoms with van der Waals surface area (Å²) < 4.78 is 0. The molecule has 0 heterocycles. The van der Waals surface area contributed by atoms with Crippen molar-refractivity contribution >= 4 is 34.8 Å². The summed E-state index contributed by atoms with van der Waals surface area (Å²) in [6.45, 7) is 1.75. The summed E-state index contributed by atoms with van der Waals surface area (Å²) >= 11 is 5.94. The summed E-state index contributed by atoms with van der Waals surface area (Å²) in [6.07, 6.45) is 0.361. The van der Waals surface area contributed by atoms with E-state index in [-0.39, 0.29) is 16.8 Å². The van der Waals surface area contributed by atoms with Crippen LogP contribution in [0, 0.1) is 11.3 Å². The molecule has 0 aliphatic carbocycles. The molecule has 6 heteroatoms. The van der Waals surface area contributed by atoms with Crippen molar-refractivity contribution in [3.8, 4) is 6.07 Å². The summed E-state index contributed by atoms with van der Waals surface area (Å²) in [6, 6.07) is 13.2. The van der Waals surface area contributed by atoms with E-state index in [0.29, 0.717) is 28.9 Å². The minimum absolute atomic E-state index is 0.124. The molecular weight excluding hydrogens is 314 g/mol. The van der Waals surface area contributed by atoms with Crippen LogP contribution in [-0.4, -0.2) is 11.8 Å². The molecule has 0 aliphatic rings. The Balaban J connectivity index is 2.15. The molecular formula is C17H14ClN3O2. The minimum atomic E-state index is -0.335. The summed E-state index contributed by atoms with van der Waals surface area (Å²) in [5.74, 6) is -0.459. The van der Waals surface area contributed by atoms with Crippen LogP contribution in [0.2, 0.25) is 5.02 Å². The SMILES string of the molecule is CCC(=O)Nc1cccc(C(=O)Nc2ccc(C#N)c(Cl)c2)c1. The third-order valence-corrected chi connectivity index (χ3v) is 3.39. The van der Waals surface area contributed by atoms with E-state index in [2.05, 4.69) is 10.6 Å². The number of halogens is 1. The summed E-state index contributed by atoms with van der Waals surface area (Å²) in [4.78, 5) is 23.7. The number of nitriles is 1. The van der Waals surface area contributed by atoms with Gasteiger partial charge in [0.2, 0.25) is 5.91 Å². The molecule has 116 valence electrons. The van der Waals surface area contributed by atoms with Crippen molar-refractivity contribution in [1.29, 1.82) is 5.26 Å². The quantitative estimate of drug-likeness (QED) is 0.895. The lowest BCUT2D eigenvalue weighted by Crippen LogP contribution is -2.14. The number of hydrogen-bond acceptors (Lipinski definition) is 3. The average Bonchev–Trinajstić information content (AvgIpc) is 2.55. The van der Waals surface area contributed by atoms with Crippen LogP contribution >= 0.6 is 11.6 Å². The van der Waals surface area contributed by atoms with Crippen molar-refractivity contribution in [2.75, 3.05) is 10.6 Å². The Kier molecular flexibility index (Phi) is 5.34. The first-order chi connectivity index (χ1) is 11.0. The lowest BCUT2D eigenvalue weighted by Gasteiger charge is -2.08. The highest BCUT2D eigenvalue weighted by Crippen LogP contribution is 2.21. The standard InChI is InChI=1S/C17H14ClN3O2/c1-2-16(22)20-13-5-3-4-11(8-13)17(23)21-14-7-6-12(10-19)15(18)9-14/h3-9H,2H2,1H3,(H,20,22)(H,21,23). The first-order valence-corrected chi connectivity index (χ1v) is 7.32. The van der Waals surface area contributed by atoms with Crippen molar-refractivity contribution in [2.24, 2.45) is 0 Å². The Labute approximate surface area is 138 Å². The van der Waals surface area contributed by atoms with Crippen molar-refractivity contribution in [3.05, 3.63) is 58.6 Å². The number of nitrogens with zero attached hydrogens (tertiary/aromatic N) is 1. The smallest absolute Gasteiger partial charge is 0.255 e. The second-order valence-electron chi connectivity index (χ2n) is 4.74. The fraction of sp³-hybridized carbons (Fsp3) is 0.118. The Bertz CT molecular complexity index is 797. The van der Waals surface area contributed by atoms with Gasteiger partial charge in [0, 0.05) is 23.4 Å². The Morgan fingerprint density at radius 2 is 1.87 bits per heavy atom. The Morgan fingerprint density at radius 3 is 2.52 bits per heavy atom. The molecule has 0 fully saturated rings. The molecule has 23 heavy (non-hydrogen) atoms. The zero-order valence-corrected chi connectivity index (χ0v) is 13.1. The third-order valence-electron chi connectivity index (χ3n) is 3.08. The predicted molar refractivity (Wildman–Crippen MR) is 89.5 cm³/mol. The molecule has 0 spiro atoms. The first-order valence-electron chi connectivity index (χ1n) is 6.94. The number of amides is 2. The molecule has 2 aromatic rings. The number of nitrogens with one attached hydrogen (secondary N) is 2. The van der Waals surface area contributed by atoms with E-state index in [1.807, 2.05) is 6.07 Å². The molecule has 0 atom stereocenters. The van der Waals surface area contributed by atoms with Gasteiger partial charge in [-0.1, -0.05) is 24.6 Å². The van der Waals surface area contributed by atoms with Crippen LogP contribution in [0.1, 0.15) is 29.3 Å². The number of anilines is 2. The van der Waals surface area contributed by atoms with E-state index >= 15 is 0 Å². The van der Waals surface area contributed by atoms with Gasteiger partial charge in [-0.2, -0.15) is 5.26 Å². The van der Waals surface area contributed by atoms with Gasteiger partial charge in [0.05, 0.1) is 10.6 Å². The third kappa shape index (κ3) is 4.31. The number of benzene rings is 2. The van der Waals surface area contributed by atoms with Crippen LogP contribution in [0.5, 0.6) is 0 Å². The molecule has 0 aromatic heterocycles. The number of carbonyl (C=O) groups excluding carboxylic acids is 2. The fourth-order valence-corrected chi connectivity index (χ4v) is 2.10. The van der Waals surface area contributed by atoms with Crippen molar-refractivity contribution in [3.63, 3.8) is 0 Å². The van der Waals surface area contributed by atoms with Crippen LogP contribution in [0.25, 0.3) is 0 Å². The van der Waals surface area contributed by atoms with Gasteiger partial charge in [0.15, 0.2) is 0 Å². The second-order valence-corrected chi connectivity index (χ2v) is 5.15. The number of rotatable bonds is 4. The summed E-state index contributed by atoms with van der Waals surface area (Å²) in [5.41, 5.74) is 1.79. The molecule has 0 saturated carbocycles. The van der Waals surface area contributed by atoms with Crippen LogP contribution < -0.4 is 10.6 Å². The highest BCUT2D eigenvalue weighted by molar-refractivity contribution is 6.32. The van der Waals surface area contributed by atoms with Gasteiger partial charge in [0.25, 0.3) is 5.91 Å². The molecule has 2 N–H and O–H groups in total. The van der Waals surface area contributed by atoms with E-state index in [9.17, 15) is 9.59 Å². The van der Waals surface area contributed by atoms with Gasteiger partial charge in [-0.3, -0.25) is 9.59 Å². The molecule has 2 aromatic carbocycles. The molecule has 0 radical (unpaired) electrons. The maximum atomic E-state index is 12.3. The Morgan fingerprint density at radius 1 is 1.13 bits per heavy atom. The van der Waals surface area contributed by atoms with E-state index < -0.39 is 0 Å². The van der Waals surface area contributed by atoms with Gasteiger partial charge in [-0.25, -0.2) is 0 Å². The predicted octanol–water partition coefficient (Wildman–Crippen LogP) is 3.81. The van der Waals surface area contributed by atoms with E-state index in [1.54, 1.807) is 37.3 Å². The molecule has 0 saturated heterocycles. The van der Waals surface area contributed by atoms with Crippen molar-refractivity contribution < 1.29 is 9.59 Å². The maximum Gasteiger partial charge on any atom is 0.255 e. The summed E-state index contributed by atoms with van der Waals surface area (Å²) in [7, 11) is 0. The minimum Gasteiger partial charge on any atom is -0.326 e. The molecule has 0 bridgehead atoms.